The van der Waals surface area contributed by atoms with Crippen LogP contribution < -0.4 is 33.2 Å². The maximum atomic E-state index is 12.9. The minimum atomic E-state index is -1.53. The Labute approximate surface area is 202 Å². The van der Waals surface area contributed by atoms with Crippen molar-refractivity contribution in [2.45, 2.75) is 63.7 Å². The summed E-state index contributed by atoms with van der Waals surface area (Å²) in [7, 11) is 0. The molecule has 0 radical (unpaired) electrons. The second-order valence-electron chi connectivity index (χ2n) is 7.67. The SMILES string of the molecule is CCC(C)C(NC(=O)C(CCCN=C(N)N)NC(=O)C(CC(=O)O)NC(=O)C(N)CS)C(=O)O. The fourth-order valence-corrected chi connectivity index (χ4v) is 2.89. The van der Waals surface area contributed by atoms with Crippen molar-refractivity contribution in [2.75, 3.05) is 12.3 Å². The predicted octanol–water partition coefficient (Wildman–Crippen LogP) is -2.64. The molecule has 0 bridgehead atoms. The van der Waals surface area contributed by atoms with E-state index in [2.05, 4.69) is 33.6 Å². The molecule has 0 aromatic rings. The fourth-order valence-electron chi connectivity index (χ4n) is 2.73. The zero-order valence-corrected chi connectivity index (χ0v) is 20.1. The van der Waals surface area contributed by atoms with Gasteiger partial charge in [-0.15, -0.1) is 0 Å². The van der Waals surface area contributed by atoms with E-state index >= 15 is 0 Å². The summed E-state index contributed by atoms with van der Waals surface area (Å²) < 4.78 is 0. The standard InChI is InChI=1S/C19H35N7O7S/c1-3-9(2)14(18(32)33)26-16(30)11(5-4-6-23-19(21)22)24-17(31)12(7-13(27)28)25-15(29)10(20)8-34/h9-12,14,34H,3-8,20H2,1-2H3,(H,24,31)(H,25,29)(H,26,30)(H,27,28)(H,32,33)(H4,21,22,23). The molecule has 194 valence electrons. The summed E-state index contributed by atoms with van der Waals surface area (Å²) in [5.74, 6) is -5.79. The lowest BCUT2D eigenvalue weighted by Gasteiger charge is -2.26. The van der Waals surface area contributed by atoms with Crippen LogP contribution in [-0.2, 0) is 24.0 Å². The lowest BCUT2D eigenvalue weighted by molar-refractivity contribution is -0.144. The van der Waals surface area contributed by atoms with Gasteiger partial charge in [0.15, 0.2) is 5.96 Å². The van der Waals surface area contributed by atoms with E-state index in [-0.39, 0.29) is 31.1 Å². The van der Waals surface area contributed by atoms with Crippen LogP contribution in [0, 0.1) is 5.92 Å². The average molecular weight is 506 g/mol. The summed E-state index contributed by atoms with van der Waals surface area (Å²) in [5, 5.41) is 25.6. The Morgan fingerprint density at radius 1 is 0.971 bits per heavy atom. The molecule has 0 saturated carbocycles. The molecule has 14 nitrogen and oxygen atoms in total. The van der Waals surface area contributed by atoms with Crippen LogP contribution in [0.1, 0.15) is 39.5 Å². The quantitative estimate of drug-likeness (QED) is 0.0456. The van der Waals surface area contributed by atoms with Crippen molar-refractivity contribution >= 4 is 48.2 Å². The van der Waals surface area contributed by atoms with Crippen molar-refractivity contribution in [3.63, 3.8) is 0 Å². The third-order valence-corrected chi connectivity index (χ3v) is 5.29. The van der Waals surface area contributed by atoms with Gasteiger partial charge in [0.2, 0.25) is 17.7 Å². The number of amides is 3. The van der Waals surface area contributed by atoms with Crippen molar-refractivity contribution in [1.29, 1.82) is 0 Å². The first-order chi connectivity index (χ1) is 15.8. The maximum Gasteiger partial charge on any atom is 0.326 e. The van der Waals surface area contributed by atoms with E-state index in [9.17, 15) is 29.1 Å². The molecule has 3 amide bonds. The largest absolute Gasteiger partial charge is 0.481 e. The summed E-state index contributed by atoms with van der Waals surface area (Å²) >= 11 is 3.88. The summed E-state index contributed by atoms with van der Waals surface area (Å²) in [4.78, 5) is 64.2. The number of guanidine groups is 1. The van der Waals surface area contributed by atoms with Crippen LogP contribution in [0.5, 0.6) is 0 Å². The number of carboxylic acids is 2. The Balaban J connectivity index is 5.65. The van der Waals surface area contributed by atoms with E-state index in [1.54, 1.807) is 13.8 Å². The number of nitrogens with zero attached hydrogens (tertiary/aromatic N) is 1. The van der Waals surface area contributed by atoms with Gasteiger partial charge in [-0.2, -0.15) is 12.6 Å². The Bertz CT molecular complexity index is 761. The van der Waals surface area contributed by atoms with Crippen molar-refractivity contribution < 1.29 is 34.2 Å². The van der Waals surface area contributed by atoms with E-state index in [4.69, 9.17) is 22.3 Å². The summed E-state index contributed by atoms with van der Waals surface area (Å²) in [5.41, 5.74) is 16.1. The van der Waals surface area contributed by atoms with Crippen molar-refractivity contribution in [2.24, 2.45) is 28.1 Å². The topological polar surface area (TPSA) is 252 Å². The molecule has 0 aliphatic carbocycles. The lowest BCUT2D eigenvalue weighted by Crippen LogP contribution is -2.58. The third kappa shape index (κ3) is 11.7. The normalized spacial score (nSPS) is 15.1. The predicted molar refractivity (Wildman–Crippen MR) is 127 cm³/mol. The van der Waals surface area contributed by atoms with Crippen LogP contribution in [0.15, 0.2) is 4.99 Å². The fraction of sp³-hybridized carbons (Fsp3) is 0.684. The Morgan fingerprint density at radius 2 is 1.53 bits per heavy atom. The van der Waals surface area contributed by atoms with Crippen LogP contribution in [0.3, 0.4) is 0 Å². The molecule has 0 aliphatic rings. The summed E-state index contributed by atoms with van der Waals surface area (Å²) in [6.45, 7) is 3.53. The number of aliphatic carboxylic acids is 2. The number of hydrogen-bond donors (Lipinski definition) is 9. The van der Waals surface area contributed by atoms with E-state index in [1.165, 1.54) is 0 Å². The zero-order valence-electron chi connectivity index (χ0n) is 19.2. The number of nitrogens with one attached hydrogen (secondary N) is 3. The number of thiol groups is 1. The molecule has 0 saturated heterocycles. The van der Waals surface area contributed by atoms with Gasteiger partial charge in [-0.1, -0.05) is 20.3 Å². The molecule has 15 heteroatoms. The number of carbonyl (C=O) groups excluding carboxylic acids is 3. The number of nitrogens with two attached hydrogens (primary N) is 3. The third-order valence-electron chi connectivity index (χ3n) is 4.90. The van der Waals surface area contributed by atoms with Crippen molar-refractivity contribution in [3.8, 4) is 0 Å². The van der Waals surface area contributed by atoms with Gasteiger partial charge >= 0.3 is 11.9 Å². The van der Waals surface area contributed by atoms with Gasteiger partial charge in [-0.25, -0.2) is 4.79 Å². The van der Waals surface area contributed by atoms with Crippen LogP contribution in [0.25, 0.3) is 0 Å². The minimum Gasteiger partial charge on any atom is -0.481 e. The van der Waals surface area contributed by atoms with E-state index < -0.39 is 66.2 Å². The highest BCUT2D eigenvalue weighted by molar-refractivity contribution is 7.80. The van der Waals surface area contributed by atoms with Crippen LogP contribution in [-0.4, -0.2) is 82.3 Å². The van der Waals surface area contributed by atoms with E-state index in [1.807, 2.05) is 0 Å². The van der Waals surface area contributed by atoms with Gasteiger partial charge in [0.05, 0.1) is 12.5 Å². The Hall–Kier alpha value is -3.07. The molecular formula is C19H35N7O7S. The molecule has 0 aromatic heterocycles. The highest BCUT2D eigenvalue weighted by atomic mass is 32.1. The molecule has 0 heterocycles. The first-order valence-electron chi connectivity index (χ1n) is 10.6. The number of aliphatic imine (C=N–C) groups is 1. The van der Waals surface area contributed by atoms with E-state index in [0.29, 0.717) is 6.42 Å². The molecule has 11 N–H and O–H groups in total. The van der Waals surface area contributed by atoms with Crippen LogP contribution in [0.4, 0.5) is 0 Å². The lowest BCUT2D eigenvalue weighted by atomic mass is 9.98. The van der Waals surface area contributed by atoms with Crippen molar-refractivity contribution in [3.05, 3.63) is 0 Å². The van der Waals surface area contributed by atoms with Gasteiger partial charge in [0, 0.05) is 12.3 Å². The smallest absolute Gasteiger partial charge is 0.326 e. The van der Waals surface area contributed by atoms with Gasteiger partial charge < -0.3 is 43.4 Å². The molecule has 0 aromatic carbocycles. The first-order valence-corrected chi connectivity index (χ1v) is 11.2. The monoisotopic (exact) mass is 505 g/mol. The highest BCUT2D eigenvalue weighted by Gasteiger charge is 2.32. The van der Waals surface area contributed by atoms with Gasteiger partial charge in [-0.3, -0.25) is 24.2 Å². The van der Waals surface area contributed by atoms with E-state index in [0.717, 1.165) is 0 Å². The maximum absolute atomic E-state index is 12.9. The number of hydrogen-bond acceptors (Lipinski definition) is 8. The second-order valence-corrected chi connectivity index (χ2v) is 8.03. The van der Waals surface area contributed by atoms with Gasteiger partial charge in [0.1, 0.15) is 18.1 Å². The highest BCUT2D eigenvalue weighted by Crippen LogP contribution is 2.10. The summed E-state index contributed by atoms with van der Waals surface area (Å²) in [6, 6.07) is -5.08. The van der Waals surface area contributed by atoms with Gasteiger partial charge in [0.25, 0.3) is 0 Å². The molecule has 0 rings (SSSR count). The van der Waals surface area contributed by atoms with Crippen LogP contribution >= 0.6 is 12.6 Å². The van der Waals surface area contributed by atoms with Crippen LogP contribution in [0.2, 0.25) is 0 Å². The molecule has 34 heavy (non-hydrogen) atoms. The number of carboxylic acid groups (broad SMARTS) is 2. The van der Waals surface area contributed by atoms with Gasteiger partial charge in [-0.05, 0) is 18.8 Å². The molecular weight excluding hydrogens is 470 g/mol. The Morgan fingerprint density at radius 3 is 2.00 bits per heavy atom. The van der Waals surface area contributed by atoms with Crippen molar-refractivity contribution in [1.82, 2.24) is 16.0 Å². The molecule has 0 spiro atoms. The average Bonchev–Trinajstić information content (AvgIpc) is 2.76. The molecule has 0 aliphatic heterocycles. The molecule has 0 fully saturated rings. The molecule has 5 atom stereocenters. The zero-order chi connectivity index (χ0) is 26.4. The Kier molecular flexibility index (Phi) is 14.3. The second kappa shape index (κ2) is 15.7. The summed E-state index contributed by atoms with van der Waals surface area (Å²) in [6.07, 6.45) is -0.0659. The number of rotatable bonds is 16. The number of carbonyl (C=O) groups is 5. The molecule has 5 unspecified atom stereocenters. The first kappa shape index (κ1) is 30.9. The minimum absolute atomic E-state index is 0.00505.